The van der Waals surface area contributed by atoms with Gasteiger partial charge in [0.2, 0.25) is 0 Å². The van der Waals surface area contributed by atoms with Crippen molar-refractivity contribution >= 4 is 29.0 Å². The number of esters is 2. The van der Waals surface area contributed by atoms with Gasteiger partial charge < -0.3 is 19.5 Å². The molecule has 0 spiro atoms. The number of nitrogens with zero attached hydrogens (tertiary/aromatic N) is 2. The van der Waals surface area contributed by atoms with Crippen molar-refractivity contribution < 1.29 is 24.2 Å². The number of aliphatic hydroxyl groups excluding tert-OH is 1. The fraction of sp³-hybridized carbons (Fsp3) is 0.450. The molecule has 28 heavy (non-hydrogen) atoms. The summed E-state index contributed by atoms with van der Waals surface area (Å²) in [4.78, 5) is 31.0. The summed E-state index contributed by atoms with van der Waals surface area (Å²) in [7, 11) is 3.78. The molecule has 0 aliphatic heterocycles. The number of carbonyl (C=O) groups is 2. The number of rotatable bonds is 6. The monoisotopic (exact) mass is 404 g/mol. The van der Waals surface area contributed by atoms with E-state index >= 15 is 0 Å². The lowest BCUT2D eigenvalue weighted by Crippen LogP contribution is -2.15. The van der Waals surface area contributed by atoms with Crippen LogP contribution in [0.15, 0.2) is 18.2 Å². The maximum absolute atomic E-state index is 12.7. The van der Waals surface area contributed by atoms with Gasteiger partial charge in [-0.3, -0.25) is 4.79 Å². The van der Waals surface area contributed by atoms with Crippen LogP contribution in [0.5, 0.6) is 0 Å². The molecule has 0 amide bonds. The summed E-state index contributed by atoms with van der Waals surface area (Å²) in [6.45, 7) is 1.30. The van der Waals surface area contributed by atoms with Gasteiger partial charge in [-0.25, -0.2) is 9.78 Å². The van der Waals surface area contributed by atoms with E-state index in [0.29, 0.717) is 16.1 Å². The first-order chi connectivity index (χ1) is 13.4. The molecule has 0 saturated heterocycles. The minimum Gasteiger partial charge on any atom is -0.462 e. The highest BCUT2D eigenvalue weighted by Gasteiger charge is 2.25. The van der Waals surface area contributed by atoms with Gasteiger partial charge in [-0.2, -0.15) is 0 Å². The number of aliphatic hydroxyl groups is 1. The average molecular weight is 404 g/mol. The fourth-order valence-electron chi connectivity index (χ4n) is 3.08. The summed E-state index contributed by atoms with van der Waals surface area (Å²) < 4.78 is 10.1. The van der Waals surface area contributed by atoms with Crippen LogP contribution in [0.1, 0.15) is 46.8 Å². The van der Waals surface area contributed by atoms with E-state index in [2.05, 4.69) is 4.98 Å². The van der Waals surface area contributed by atoms with E-state index in [1.807, 2.05) is 31.1 Å². The average Bonchev–Trinajstić information content (AvgIpc) is 3.10. The predicted molar refractivity (Wildman–Crippen MR) is 107 cm³/mol. The summed E-state index contributed by atoms with van der Waals surface area (Å²) in [5, 5.41) is 10.9. The fourth-order valence-corrected chi connectivity index (χ4v) is 4.25. The van der Waals surface area contributed by atoms with E-state index in [-0.39, 0.29) is 13.2 Å². The van der Waals surface area contributed by atoms with E-state index in [9.17, 15) is 14.7 Å². The van der Waals surface area contributed by atoms with Crippen molar-refractivity contribution in [3.63, 3.8) is 0 Å². The minimum atomic E-state index is -0.500. The van der Waals surface area contributed by atoms with Crippen LogP contribution in [0.25, 0.3) is 10.6 Å². The molecule has 7 nitrogen and oxygen atoms in total. The Balaban J connectivity index is 1.90. The molecule has 2 aromatic rings. The summed E-state index contributed by atoms with van der Waals surface area (Å²) in [5.41, 5.74) is 2.84. The van der Waals surface area contributed by atoms with E-state index in [1.54, 1.807) is 6.07 Å². The van der Waals surface area contributed by atoms with Crippen molar-refractivity contribution in [2.24, 2.45) is 0 Å². The van der Waals surface area contributed by atoms with Crippen molar-refractivity contribution in [1.29, 1.82) is 0 Å². The molecule has 8 heteroatoms. The number of hydrogen-bond acceptors (Lipinski definition) is 8. The maximum Gasteiger partial charge on any atom is 0.339 e. The Labute approximate surface area is 167 Å². The van der Waals surface area contributed by atoms with Crippen molar-refractivity contribution in [3.05, 3.63) is 34.3 Å². The van der Waals surface area contributed by atoms with Gasteiger partial charge in [0.15, 0.2) is 0 Å². The smallest absolute Gasteiger partial charge is 0.339 e. The lowest BCUT2D eigenvalue weighted by molar-refractivity contribution is -0.142. The van der Waals surface area contributed by atoms with E-state index in [0.717, 1.165) is 35.5 Å². The normalized spacial score (nSPS) is 15.6. The number of thiazole rings is 1. The zero-order valence-corrected chi connectivity index (χ0v) is 17.0. The number of aryl methyl sites for hydroxylation is 1. The third-order valence-electron chi connectivity index (χ3n) is 4.51. The van der Waals surface area contributed by atoms with Gasteiger partial charge in [0, 0.05) is 32.3 Å². The first kappa shape index (κ1) is 20.3. The second-order valence-corrected chi connectivity index (χ2v) is 7.87. The third-order valence-corrected chi connectivity index (χ3v) is 5.75. The highest BCUT2D eigenvalue weighted by atomic mass is 32.1. The van der Waals surface area contributed by atoms with Crippen LogP contribution in [0.3, 0.4) is 0 Å². The Morgan fingerprint density at radius 3 is 2.71 bits per heavy atom. The Morgan fingerprint density at radius 1 is 1.29 bits per heavy atom. The number of aromatic nitrogens is 1. The summed E-state index contributed by atoms with van der Waals surface area (Å²) in [5.74, 6) is -0.919. The van der Waals surface area contributed by atoms with Crippen molar-refractivity contribution in [1.82, 2.24) is 4.98 Å². The Bertz CT molecular complexity index is 877. The summed E-state index contributed by atoms with van der Waals surface area (Å²) in [6.07, 6.45) is 1.98. The molecule has 1 heterocycles. The van der Waals surface area contributed by atoms with Crippen molar-refractivity contribution in [2.45, 2.75) is 32.3 Å². The van der Waals surface area contributed by atoms with Gasteiger partial charge >= 0.3 is 11.9 Å². The largest absolute Gasteiger partial charge is 0.462 e. The van der Waals surface area contributed by atoms with E-state index in [4.69, 9.17) is 9.47 Å². The van der Waals surface area contributed by atoms with Crippen LogP contribution in [0.2, 0.25) is 0 Å². The van der Waals surface area contributed by atoms with Gasteiger partial charge in [-0.1, -0.05) is 0 Å². The lowest BCUT2D eigenvalue weighted by atomic mass is 10.0. The van der Waals surface area contributed by atoms with Gasteiger partial charge in [-0.05, 0) is 37.5 Å². The zero-order valence-electron chi connectivity index (χ0n) is 16.2. The van der Waals surface area contributed by atoms with Crippen LogP contribution < -0.4 is 4.90 Å². The second-order valence-electron chi connectivity index (χ2n) is 6.84. The number of carbonyl (C=O) groups excluding carboxylic acids is 2. The SMILES string of the molecule is CC(=O)OCCOC(=O)c1cc(N(C)C)ccc1-c1nc2c(s1)C(O)CCC2. The quantitative estimate of drug-likeness (QED) is 0.585. The van der Waals surface area contributed by atoms with Gasteiger partial charge in [0.25, 0.3) is 0 Å². The van der Waals surface area contributed by atoms with Crippen LogP contribution in [-0.2, 0) is 20.7 Å². The first-order valence-corrected chi connectivity index (χ1v) is 9.98. The highest BCUT2D eigenvalue weighted by Crippen LogP contribution is 2.39. The molecule has 1 unspecified atom stereocenters. The number of benzene rings is 1. The highest BCUT2D eigenvalue weighted by molar-refractivity contribution is 7.15. The molecule has 1 atom stereocenters. The summed E-state index contributed by atoms with van der Waals surface area (Å²) >= 11 is 1.42. The van der Waals surface area contributed by atoms with Crippen LogP contribution in [-0.4, -0.2) is 49.3 Å². The molecule has 150 valence electrons. The number of ether oxygens (including phenoxy) is 2. The number of fused-ring (bicyclic) bond motifs is 1. The zero-order chi connectivity index (χ0) is 20.3. The molecule has 1 aliphatic rings. The lowest BCUT2D eigenvalue weighted by Gasteiger charge is -2.15. The molecular formula is C20H24N2O5S. The molecule has 1 aliphatic carbocycles. The van der Waals surface area contributed by atoms with E-state index in [1.165, 1.54) is 18.3 Å². The first-order valence-electron chi connectivity index (χ1n) is 9.16. The second kappa shape index (κ2) is 8.70. The molecule has 0 fully saturated rings. The number of anilines is 1. The van der Waals surface area contributed by atoms with Crippen molar-refractivity contribution in [2.75, 3.05) is 32.2 Å². The maximum atomic E-state index is 12.7. The molecule has 0 radical (unpaired) electrons. The van der Waals surface area contributed by atoms with Gasteiger partial charge in [-0.15, -0.1) is 11.3 Å². The Hall–Kier alpha value is -2.45. The van der Waals surface area contributed by atoms with Gasteiger partial charge in [0.05, 0.1) is 22.2 Å². The molecule has 1 N–H and O–H groups in total. The summed E-state index contributed by atoms with van der Waals surface area (Å²) in [6, 6.07) is 5.54. The standard InChI is InChI=1S/C20H24N2O5S/c1-12(23)26-9-10-27-20(25)15-11-13(22(2)3)7-8-14(15)19-21-16-5-4-6-17(24)18(16)28-19/h7-8,11,17,24H,4-6,9-10H2,1-3H3. The molecule has 1 aromatic carbocycles. The Kier molecular flexibility index (Phi) is 6.31. The molecule has 0 saturated carbocycles. The molecule has 0 bridgehead atoms. The van der Waals surface area contributed by atoms with Crippen LogP contribution >= 0.6 is 11.3 Å². The van der Waals surface area contributed by atoms with Crippen molar-refractivity contribution in [3.8, 4) is 10.6 Å². The third kappa shape index (κ3) is 4.51. The molecule has 1 aromatic heterocycles. The minimum absolute atomic E-state index is 0.0154. The molecule has 3 rings (SSSR count). The predicted octanol–water partition coefficient (Wildman–Crippen LogP) is 2.97. The Morgan fingerprint density at radius 2 is 2.04 bits per heavy atom. The van der Waals surface area contributed by atoms with Gasteiger partial charge in [0.1, 0.15) is 18.2 Å². The molecular weight excluding hydrogens is 380 g/mol. The van der Waals surface area contributed by atoms with Crippen LogP contribution in [0.4, 0.5) is 5.69 Å². The topological polar surface area (TPSA) is 89.0 Å². The van der Waals surface area contributed by atoms with E-state index < -0.39 is 18.0 Å². The van der Waals surface area contributed by atoms with Crippen LogP contribution in [0, 0.1) is 0 Å². The number of hydrogen-bond donors (Lipinski definition) is 1.